The Kier molecular flexibility index (Phi) is 3.00. The fourth-order valence-corrected chi connectivity index (χ4v) is 3.02. The molecule has 0 saturated heterocycles. The molecule has 1 heterocycles. The minimum Gasteiger partial charge on any atom is -0.311 e. The van der Waals surface area contributed by atoms with Gasteiger partial charge in [-0.2, -0.15) is 0 Å². The molecular weight excluding hydrogens is 226 g/mol. The summed E-state index contributed by atoms with van der Waals surface area (Å²) in [5, 5.41) is 5.74. The van der Waals surface area contributed by atoms with Gasteiger partial charge in [0, 0.05) is 23.4 Å². The molecule has 1 aliphatic carbocycles. The first kappa shape index (κ1) is 11.0. The molecule has 2 aromatic rings. The topological polar surface area (TPSA) is 12.0 Å². The van der Waals surface area contributed by atoms with E-state index in [-0.39, 0.29) is 0 Å². The summed E-state index contributed by atoms with van der Waals surface area (Å²) < 4.78 is 0. The van der Waals surface area contributed by atoms with E-state index in [1.165, 1.54) is 23.3 Å². The van der Waals surface area contributed by atoms with E-state index in [0.717, 1.165) is 13.1 Å². The average molecular weight is 243 g/mol. The van der Waals surface area contributed by atoms with Crippen LogP contribution in [0.15, 0.2) is 47.8 Å². The predicted octanol–water partition coefficient (Wildman–Crippen LogP) is 3.57. The van der Waals surface area contributed by atoms with Crippen molar-refractivity contribution in [1.82, 2.24) is 5.32 Å². The number of hydrogen-bond donors (Lipinski definition) is 1. The molecule has 1 aromatic heterocycles. The lowest BCUT2D eigenvalue weighted by molar-refractivity contribution is 0.577. The molecule has 0 unspecified atom stereocenters. The zero-order chi connectivity index (χ0) is 11.6. The summed E-state index contributed by atoms with van der Waals surface area (Å²) in [7, 11) is 0. The molecule has 17 heavy (non-hydrogen) atoms. The van der Waals surface area contributed by atoms with Crippen molar-refractivity contribution in [3.05, 3.63) is 58.3 Å². The Labute approximate surface area is 106 Å². The van der Waals surface area contributed by atoms with Gasteiger partial charge in [0.2, 0.25) is 0 Å². The summed E-state index contributed by atoms with van der Waals surface area (Å²) in [5.41, 5.74) is 1.93. The van der Waals surface area contributed by atoms with Gasteiger partial charge in [0.05, 0.1) is 0 Å². The highest BCUT2D eigenvalue weighted by Gasteiger charge is 2.43. The van der Waals surface area contributed by atoms with Gasteiger partial charge in [-0.05, 0) is 29.9 Å². The highest BCUT2D eigenvalue weighted by Crippen LogP contribution is 2.47. The van der Waals surface area contributed by atoms with Crippen LogP contribution in [-0.2, 0) is 12.0 Å². The normalized spacial score (nSPS) is 16.9. The fourth-order valence-electron chi connectivity index (χ4n) is 2.35. The average Bonchev–Trinajstić information content (AvgIpc) is 2.98. The van der Waals surface area contributed by atoms with Gasteiger partial charge in [0.1, 0.15) is 0 Å². The van der Waals surface area contributed by atoms with Gasteiger partial charge in [-0.15, -0.1) is 11.3 Å². The maximum Gasteiger partial charge on any atom is 0.0300 e. The summed E-state index contributed by atoms with van der Waals surface area (Å²) in [5.74, 6) is 0. The molecule has 88 valence electrons. The van der Waals surface area contributed by atoms with Gasteiger partial charge in [0.15, 0.2) is 0 Å². The van der Waals surface area contributed by atoms with E-state index in [9.17, 15) is 0 Å². The van der Waals surface area contributed by atoms with Gasteiger partial charge in [-0.25, -0.2) is 0 Å². The van der Waals surface area contributed by atoms with Crippen molar-refractivity contribution in [2.45, 2.75) is 24.8 Å². The lowest BCUT2D eigenvalue weighted by Crippen LogP contribution is -2.26. The van der Waals surface area contributed by atoms with Gasteiger partial charge in [0.25, 0.3) is 0 Å². The zero-order valence-electron chi connectivity index (χ0n) is 9.86. The van der Waals surface area contributed by atoms with Crippen molar-refractivity contribution >= 4 is 11.3 Å². The lowest BCUT2D eigenvalue weighted by Gasteiger charge is -2.16. The molecule has 1 fully saturated rings. The molecule has 1 aromatic carbocycles. The van der Waals surface area contributed by atoms with E-state index in [2.05, 4.69) is 53.2 Å². The highest BCUT2D eigenvalue weighted by molar-refractivity contribution is 7.09. The van der Waals surface area contributed by atoms with Crippen molar-refractivity contribution in [3.8, 4) is 0 Å². The van der Waals surface area contributed by atoms with E-state index < -0.39 is 0 Å². The molecule has 0 radical (unpaired) electrons. The van der Waals surface area contributed by atoms with E-state index in [1.54, 1.807) is 0 Å². The second-order valence-electron chi connectivity index (χ2n) is 4.83. The quantitative estimate of drug-likeness (QED) is 0.846. The molecule has 0 spiro atoms. The summed E-state index contributed by atoms with van der Waals surface area (Å²) in [6.45, 7) is 2.11. The van der Waals surface area contributed by atoms with E-state index >= 15 is 0 Å². The number of thiophene rings is 1. The standard InChI is InChI=1S/C15H17NS/c1-2-5-13(6-3-1)15(8-9-15)12-16-11-14-7-4-10-17-14/h1-7,10,16H,8-9,11-12H2. The predicted molar refractivity (Wildman–Crippen MR) is 73.4 cm³/mol. The van der Waals surface area contributed by atoms with Crippen molar-refractivity contribution in [2.75, 3.05) is 6.54 Å². The number of rotatable bonds is 5. The smallest absolute Gasteiger partial charge is 0.0300 e. The minimum atomic E-state index is 0.429. The van der Waals surface area contributed by atoms with Crippen molar-refractivity contribution in [1.29, 1.82) is 0 Å². The number of nitrogens with one attached hydrogen (secondary N) is 1. The maximum atomic E-state index is 3.60. The Morgan fingerprint density at radius 2 is 1.88 bits per heavy atom. The van der Waals surface area contributed by atoms with Gasteiger partial charge < -0.3 is 5.32 Å². The van der Waals surface area contributed by atoms with E-state index in [1.807, 2.05) is 11.3 Å². The largest absolute Gasteiger partial charge is 0.311 e. The number of benzene rings is 1. The first-order valence-corrected chi connectivity index (χ1v) is 7.06. The van der Waals surface area contributed by atoms with E-state index in [4.69, 9.17) is 0 Å². The molecule has 0 atom stereocenters. The lowest BCUT2D eigenvalue weighted by atomic mass is 9.96. The minimum absolute atomic E-state index is 0.429. The van der Waals surface area contributed by atoms with Gasteiger partial charge in [-0.1, -0.05) is 36.4 Å². The SMILES string of the molecule is c1ccc(C2(CNCc3cccs3)CC2)cc1. The molecular formula is C15H17NS. The van der Waals surface area contributed by atoms with Crippen LogP contribution in [0.3, 0.4) is 0 Å². The third kappa shape index (κ3) is 2.43. The molecule has 1 saturated carbocycles. The Morgan fingerprint density at radius 1 is 1.06 bits per heavy atom. The Bertz CT molecular complexity index is 457. The fraction of sp³-hybridized carbons (Fsp3) is 0.333. The van der Waals surface area contributed by atoms with Gasteiger partial charge >= 0.3 is 0 Å². The molecule has 0 amide bonds. The second-order valence-corrected chi connectivity index (χ2v) is 5.86. The molecule has 3 rings (SSSR count). The Balaban J connectivity index is 1.58. The third-order valence-corrected chi connectivity index (χ3v) is 4.46. The van der Waals surface area contributed by atoms with Crippen LogP contribution in [0, 0.1) is 0 Å². The van der Waals surface area contributed by atoms with Crippen LogP contribution in [-0.4, -0.2) is 6.54 Å². The second kappa shape index (κ2) is 4.63. The van der Waals surface area contributed by atoms with Gasteiger partial charge in [-0.3, -0.25) is 0 Å². The summed E-state index contributed by atoms with van der Waals surface area (Å²) >= 11 is 1.83. The van der Waals surface area contributed by atoms with Crippen molar-refractivity contribution in [3.63, 3.8) is 0 Å². The molecule has 0 aliphatic heterocycles. The molecule has 0 bridgehead atoms. The first-order chi connectivity index (χ1) is 8.39. The van der Waals surface area contributed by atoms with Crippen molar-refractivity contribution in [2.24, 2.45) is 0 Å². The molecule has 1 N–H and O–H groups in total. The molecule has 1 aliphatic rings. The first-order valence-electron chi connectivity index (χ1n) is 6.18. The molecule has 2 heteroatoms. The Morgan fingerprint density at radius 3 is 2.53 bits per heavy atom. The summed E-state index contributed by atoms with van der Waals surface area (Å²) in [4.78, 5) is 1.42. The highest BCUT2D eigenvalue weighted by atomic mass is 32.1. The monoisotopic (exact) mass is 243 g/mol. The van der Waals surface area contributed by atoms with Crippen LogP contribution < -0.4 is 5.32 Å². The Hall–Kier alpha value is -1.12. The van der Waals surface area contributed by atoms with Crippen LogP contribution in [0.25, 0.3) is 0 Å². The van der Waals surface area contributed by atoms with Crippen LogP contribution in [0.4, 0.5) is 0 Å². The van der Waals surface area contributed by atoms with Crippen LogP contribution in [0.1, 0.15) is 23.3 Å². The summed E-state index contributed by atoms with van der Waals surface area (Å²) in [6.07, 6.45) is 2.66. The third-order valence-electron chi connectivity index (χ3n) is 3.58. The van der Waals surface area contributed by atoms with Crippen LogP contribution in [0.5, 0.6) is 0 Å². The van der Waals surface area contributed by atoms with E-state index in [0.29, 0.717) is 5.41 Å². The number of hydrogen-bond acceptors (Lipinski definition) is 2. The maximum absolute atomic E-state index is 3.60. The summed E-state index contributed by atoms with van der Waals surface area (Å²) in [6, 6.07) is 15.2. The van der Waals surface area contributed by atoms with Crippen molar-refractivity contribution < 1.29 is 0 Å². The molecule has 1 nitrogen and oxygen atoms in total. The van der Waals surface area contributed by atoms with Crippen LogP contribution in [0.2, 0.25) is 0 Å². The zero-order valence-corrected chi connectivity index (χ0v) is 10.7. The van der Waals surface area contributed by atoms with Crippen LogP contribution >= 0.6 is 11.3 Å².